The fourth-order valence-electron chi connectivity index (χ4n) is 1.77. The number of ether oxygens (including phenoxy) is 1. The molecule has 0 saturated heterocycles. The number of aromatic nitrogens is 2. The Morgan fingerprint density at radius 3 is 2.90 bits per heavy atom. The fourth-order valence-corrected chi connectivity index (χ4v) is 1.77. The van der Waals surface area contributed by atoms with Crippen molar-refractivity contribution in [3.63, 3.8) is 0 Å². The zero-order chi connectivity index (χ0) is 14.5. The molecular weight excluding hydrogens is 256 g/mol. The number of aryl methyl sites for hydroxylation is 2. The van der Waals surface area contributed by atoms with Gasteiger partial charge in [-0.05, 0) is 37.6 Å². The largest absolute Gasteiger partial charge is 0.436 e. The van der Waals surface area contributed by atoms with Crippen molar-refractivity contribution in [2.45, 2.75) is 20.3 Å². The second-order valence-corrected chi connectivity index (χ2v) is 4.19. The lowest BCUT2D eigenvalue weighted by molar-refractivity contribution is 0.318. The molecule has 2 aromatic rings. The first-order valence-corrected chi connectivity index (χ1v) is 6.23. The number of oxime groups is 1. The third-order valence-corrected chi connectivity index (χ3v) is 2.77. The summed E-state index contributed by atoms with van der Waals surface area (Å²) in [6.07, 6.45) is 2.32. The predicted molar refractivity (Wildman–Crippen MR) is 75.2 cm³/mol. The van der Waals surface area contributed by atoms with Crippen LogP contribution in [0, 0.1) is 6.92 Å². The van der Waals surface area contributed by atoms with Gasteiger partial charge in [0.05, 0.1) is 11.3 Å². The summed E-state index contributed by atoms with van der Waals surface area (Å²) in [6.45, 7) is 3.92. The molecule has 20 heavy (non-hydrogen) atoms. The summed E-state index contributed by atoms with van der Waals surface area (Å²) in [4.78, 5) is 8.54. The smallest absolute Gasteiger partial charge is 0.230 e. The van der Waals surface area contributed by atoms with Crippen molar-refractivity contribution >= 4 is 5.84 Å². The quantitative estimate of drug-likeness (QED) is 0.385. The van der Waals surface area contributed by atoms with Gasteiger partial charge in [0.25, 0.3) is 0 Å². The van der Waals surface area contributed by atoms with Crippen molar-refractivity contribution in [2.24, 2.45) is 10.9 Å². The Bertz CT molecular complexity index is 641. The highest BCUT2D eigenvalue weighted by molar-refractivity contribution is 5.99. The lowest BCUT2D eigenvalue weighted by Crippen LogP contribution is -2.15. The van der Waals surface area contributed by atoms with E-state index < -0.39 is 0 Å². The van der Waals surface area contributed by atoms with Gasteiger partial charge in [-0.1, -0.05) is 12.1 Å². The Balaban J connectivity index is 2.40. The second-order valence-electron chi connectivity index (χ2n) is 4.19. The van der Waals surface area contributed by atoms with E-state index in [-0.39, 0.29) is 11.7 Å². The molecule has 2 rings (SSSR count). The van der Waals surface area contributed by atoms with Gasteiger partial charge in [0, 0.05) is 11.9 Å². The zero-order valence-electron chi connectivity index (χ0n) is 11.4. The molecule has 0 fully saturated rings. The SMILES string of the molecule is CCc1nc(C)ccc1Oc1ncccc1/C(N)=N/O. The maximum atomic E-state index is 8.78. The summed E-state index contributed by atoms with van der Waals surface area (Å²) in [5, 5.41) is 11.8. The van der Waals surface area contributed by atoms with Crippen molar-refractivity contribution in [1.29, 1.82) is 0 Å². The molecule has 0 atom stereocenters. The predicted octanol–water partition coefficient (Wildman–Crippen LogP) is 2.23. The third-order valence-electron chi connectivity index (χ3n) is 2.77. The molecular formula is C14H16N4O2. The molecule has 0 aliphatic carbocycles. The Morgan fingerprint density at radius 2 is 2.20 bits per heavy atom. The molecule has 0 unspecified atom stereocenters. The van der Waals surface area contributed by atoms with Crippen LogP contribution in [-0.4, -0.2) is 21.0 Å². The van der Waals surface area contributed by atoms with Crippen LogP contribution in [0.15, 0.2) is 35.6 Å². The van der Waals surface area contributed by atoms with Gasteiger partial charge in [-0.15, -0.1) is 0 Å². The van der Waals surface area contributed by atoms with Crippen LogP contribution >= 0.6 is 0 Å². The van der Waals surface area contributed by atoms with E-state index in [4.69, 9.17) is 15.7 Å². The molecule has 104 valence electrons. The molecule has 2 heterocycles. The fraction of sp³-hybridized carbons (Fsp3) is 0.214. The van der Waals surface area contributed by atoms with Crippen LogP contribution in [0.25, 0.3) is 0 Å². The van der Waals surface area contributed by atoms with Crippen molar-refractivity contribution in [1.82, 2.24) is 9.97 Å². The van der Waals surface area contributed by atoms with Crippen LogP contribution in [0.4, 0.5) is 0 Å². The summed E-state index contributed by atoms with van der Waals surface area (Å²) in [6, 6.07) is 7.06. The van der Waals surface area contributed by atoms with Crippen molar-refractivity contribution in [3.05, 3.63) is 47.4 Å². The van der Waals surface area contributed by atoms with Gasteiger partial charge in [-0.25, -0.2) is 4.98 Å². The first kappa shape index (κ1) is 13.8. The first-order chi connectivity index (χ1) is 9.65. The Hall–Kier alpha value is -2.63. The number of hydrogen-bond acceptors (Lipinski definition) is 5. The van der Waals surface area contributed by atoms with Gasteiger partial charge >= 0.3 is 0 Å². The van der Waals surface area contributed by atoms with Crippen molar-refractivity contribution in [3.8, 4) is 11.6 Å². The number of nitrogens with two attached hydrogens (primary N) is 1. The van der Waals surface area contributed by atoms with E-state index in [1.165, 1.54) is 0 Å². The lowest BCUT2D eigenvalue weighted by atomic mass is 10.2. The summed E-state index contributed by atoms with van der Waals surface area (Å²) in [5.41, 5.74) is 7.79. The molecule has 6 heteroatoms. The van der Waals surface area contributed by atoms with Crippen LogP contribution in [0.2, 0.25) is 0 Å². The molecule has 0 aliphatic rings. The topological polar surface area (TPSA) is 93.6 Å². The lowest BCUT2D eigenvalue weighted by Gasteiger charge is -2.11. The molecule has 3 N–H and O–H groups in total. The minimum atomic E-state index is -0.0498. The molecule has 0 bridgehead atoms. The summed E-state index contributed by atoms with van der Waals surface area (Å²) >= 11 is 0. The van der Waals surface area contributed by atoms with Gasteiger partial charge in [0.1, 0.15) is 0 Å². The highest BCUT2D eigenvalue weighted by atomic mass is 16.5. The Kier molecular flexibility index (Phi) is 4.14. The van der Waals surface area contributed by atoms with Crippen LogP contribution in [0.1, 0.15) is 23.9 Å². The molecule has 0 saturated carbocycles. The zero-order valence-corrected chi connectivity index (χ0v) is 11.4. The third kappa shape index (κ3) is 2.85. The molecule has 0 spiro atoms. The van der Waals surface area contributed by atoms with Gasteiger partial charge in [-0.3, -0.25) is 4.98 Å². The van der Waals surface area contributed by atoms with Gasteiger partial charge in [0.2, 0.25) is 5.88 Å². The van der Waals surface area contributed by atoms with Crippen LogP contribution in [-0.2, 0) is 6.42 Å². The number of pyridine rings is 2. The first-order valence-electron chi connectivity index (χ1n) is 6.23. The molecule has 0 amide bonds. The monoisotopic (exact) mass is 272 g/mol. The second kappa shape index (κ2) is 6.01. The molecule has 0 aliphatic heterocycles. The molecule has 6 nitrogen and oxygen atoms in total. The van der Waals surface area contributed by atoms with E-state index in [2.05, 4.69) is 15.1 Å². The van der Waals surface area contributed by atoms with E-state index in [0.29, 0.717) is 11.3 Å². The average molecular weight is 272 g/mol. The number of rotatable bonds is 4. The molecule has 0 aromatic carbocycles. The van der Waals surface area contributed by atoms with E-state index in [9.17, 15) is 0 Å². The van der Waals surface area contributed by atoms with E-state index in [0.717, 1.165) is 17.8 Å². The maximum Gasteiger partial charge on any atom is 0.230 e. The highest BCUT2D eigenvalue weighted by Gasteiger charge is 2.12. The van der Waals surface area contributed by atoms with E-state index in [1.54, 1.807) is 18.3 Å². The highest BCUT2D eigenvalue weighted by Crippen LogP contribution is 2.25. The Labute approximate surface area is 116 Å². The normalized spacial score (nSPS) is 11.4. The number of amidine groups is 1. The summed E-state index contributed by atoms with van der Waals surface area (Å²) in [5.74, 6) is 0.846. The van der Waals surface area contributed by atoms with E-state index in [1.807, 2.05) is 26.0 Å². The van der Waals surface area contributed by atoms with Gasteiger partial charge < -0.3 is 15.7 Å². The minimum Gasteiger partial charge on any atom is -0.436 e. The number of hydrogen-bond donors (Lipinski definition) is 2. The van der Waals surface area contributed by atoms with Crippen molar-refractivity contribution < 1.29 is 9.94 Å². The van der Waals surface area contributed by atoms with Crippen LogP contribution < -0.4 is 10.5 Å². The maximum absolute atomic E-state index is 8.78. The van der Waals surface area contributed by atoms with Crippen LogP contribution in [0.5, 0.6) is 11.6 Å². The minimum absolute atomic E-state index is 0.0498. The van der Waals surface area contributed by atoms with Gasteiger partial charge in [-0.2, -0.15) is 0 Å². The number of nitrogens with zero attached hydrogens (tertiary/aromatic N) is 3. The molecule has 2 aromatic heterocycles. The van der Waals surface area contributed by atoms with Crippen molar-refractivity contribution in [2.75, 3.05) is 0 Å². The van der Waals surface area contributed by atoms with Crippen LogP contribution in [0.3, 0.4) is 0 Å². The average Bonchev–Trinajstić information content (AvgIpc) is 2.48. The summed E-state index contributed by atoms with van der Waals surface area (Å²) in [7, 11) is 0. The Morgan fingerprint density at radius 1 is 1.40 bits per heavy atom. The summed E-state index contributed by atoms with van der Waals surface area (Å²) < 4.78 is 5.76. The van der Waals surface area contributed by atoms with E-state index >= 15 is 0 Å². The standard InChI is InChI=1S/C14H16N4O2/c1-3-11-12(7-6-9(2)17-11)20-14-10(13(15)18-19)5-4-8-16-14/h4-8,19H,3H2,1-2H3,(H2,15,18). The van der Waals surface area contributed by atoms with Gasteiger partial charge in [0.15, 0.2) is 11.6 Å². The molecule has 0 radical (unpaired) electrons.